The molecule has 0 aliphatic heterocycles. The summed E-state index contributed by atoms with van der Waals surface area (Å²) in [6.07, 6.45) is 0.887. The van der Waals surface area contributed by atoms with Gasteiger partial charge in [0.05, 0.1) is 13.2 Å². The van der Waals surface area contributed by atoms with Crippen LogP contribution in [0.1, 0.15) is 42.7 Å². The van der Waals surface area contributed by atoms with Gasteiger partial charge in [-0.05, 0) is 31.4 Å². The lowest BCUT2D eigenvalue weighted by atomic mass is 10.1. The van der Waals surface area contributed by atoms with E-state index in [0.29, 0.717) is 36.3 Å². The Kier molecular flexibility index (Phi) is 7.59. The highest BCUT2D eigenvalue weighted by Crippen LogP contribution is 2.16. The van der Waals surface area contributed by atoms with Gasteiger partial charge in [-0.15, -0.1) is 11.3 Å². The number of nitrogens with zero attached hydrogens (tertiary/aromatic N) is 2. The summed E-state index contributed by atoms with van der Waals surface area (Å²) < 4.78 is 4.96. The number of amides is 2. The molecular formula is C19H25N3O3S. The molecule has 0 atom stereocenters. The first-order valence-corrected chi connectivity index (χ1v) is 9.60. The van der Waals surface area contributed by atoms with Crippen LogP contribution in [0.25, 0.3) is 0 Å². The van der Waals surface area contributed by atoms with Crippen molar-refractivity contribution >= 4 is 29.0 Å². The van der Waals surface area contributed by atoms with E-state index in [2.05, 4.69) is 24.1 Å². The van der Waals surface area contributed by atoms with Crippen molar-refractivity contribution in [3.8, 4) is 0 Å². The lowest BCUT2D eigenvalue weighted by Gasteiger charge is -2.23. The fourth-order valence-corrected chi connectivity index (χ4v) is 3.01. The number of rotatable bonds is 8. The summed E-state index contributed by atoms with van der Waals surface area (Å²) in [7, 11) is 0. The molecule has 0 aliphatic rings. The van der Waals surface area contributed by atoms with Gasteiger partial charge in [0, 0.05) is 17.6 Å². The van der Waals surface area contributed by atoms with E-state index in [1.54, 1.807) is 17.2 Å². The molecule has 1 N–H and O–H groups in total. The lowest BCUT2D eigenvalue weighted by Crippen LogP contribution is -2.35. The van der Waals surface area contributed by atoms with E-state index >= 15 is 0 Å². The average Bonchev–Trinajstić information content (AvgIpc) is 3.08. The Labute approximate surface area is 158 Å². The van der Waals surface area contributed by atoms with Crippen LogP contribution in [0.4, 0.5) is 10.5 Å². The normalized spacial score (nSPS) is 10.6. The number of esters is 1. The molecule has 0 unspecified atom stereocenters. The molecule has 26 heavy (non-hydrogen) atoms. The maximum absolute atomic E-state index is 12.7. The second-order valence-electron chi connectivity index (χ2n) is 6.25. The molecule has 0 radical (unpaired) electrons. The van der Waals surface area contributed by atoms with Gasteiger partial charge in [-0.2, -0.15) is 0 Å². The van der Waals surface area contributed by atoms with E-state index in [-0.39, 0.29) is 6.03 Å². The Morgan fingerprint density at radius 3 is 2.65 bits per heavy atom. The molecule has 0 aliphatic carbocycles. The Bertz CT molecular complexity index is 716. The van der Waals surface area contributed by atoms with Crippen molar-refractivity contribution in [2.24, 2.45) is 5.92 Å². The molecule has 7 heteroatoms. The molecule has 0 saturated heterocycles. The van der Waals surface area contributed by atoms with Gasteiger partial charge in [0.15, 0.2) is 5.69 Å². The van der Waals surface area contributed by atoms with Crippen LogP contribution in [0.2, 0.25) is 0 Å². The zero-order valence-corrected chi connectivity index (χ0v) is 16.2. The summed E-state index contributed by atoms with van der Waals surface area (Å²) in [5, 5.41) is 5.29. The first kappa shape index (κ1) is 19.9. The molecule has 6 nitrogen and oxygen atoms in total. The number of hydrogen-bond acceptors (Lipinski definition) is 5. The number of para-hydroxylation sites is 1. The summed E-state index contributed by atoms with van der Waals surface area (Å²) in [4.78, 5) is 30.5. The number of anilines is 1. The molecule has 1 heterocycles. The molecule has 2 rings (SSSR count). The molecule has 0 fully saturated rings. The molecule has 1 aromatic heterocycles. The van der Waals surface area contributed by atoms with Crippen molar-refractivity contribution in [1.29, 1.82) is 0 Å². The fraction of sp³-hybridized carbons (Fsp3) is 0.421. The van der Waals surface area contributed by atoms with E-state index in [4.69, 9.17) is 4.74 Å². The van der Waals surface area contributed by atoms with Gasteiger partial charge in [0.25, 0.3) is 0 Å². The molecule has 0 saturated carbocycles. The number of ether oxygens (including phenoxy) is 1. The van der Waals surface area contributed by atoms with Crippen molar-refractivity contribution in [3.05, 3.63) is 46.4 Å². The second-order valence-corrected chi connectivity index (χ2v) is 7.19. The quantitative estimate of drug-likeness (QED) is 0.694. The smallest absolute Gasteiger partial charge is 0.357 e. The Morgan fingerprint density at radius 2 is 2.00 bits per heavy atom. The summed E-state index contributed by atoms with van der Waals surface area (Å²) in [6.45, 7) is 7.28. The minimum atomic E-state index is -0.433. The number of carbonyl (C=O) groups is 2. The van der Waals surface area contributed by atoms with Crippen LogP contribution in [-0.2, 0) is 11.3 Å². The van der Waals surface area contributed by atoms with E-state index in [1.807, 2.05) is 30.3 Å². The first-order chi connectivity index (χ1) is 12.5. The number of nitrogens with one attached hydrogen (secondary N) is 1. The topological polar surface area (TPSA) is 71.5 Å². The molecule has 0 spiro atoms. The standard InChI is InChI=1S/C19H25N3O3S/c1-4-25-18(23)16-13-26-17(21-16)12-22(11-10-14(2)3)19(24)20-15-8-6-5-7-9-15/h5-9,13-14H,4,10-12H2,1-3H3,(H,20,24). The van der Waals surface area contributed by atoms with Crippen molar-refractivity contribution in [2.45, 2.75) is 33.7 Å². The van der Waals surface area contributed by atoms with Crippen molar-refractivity contribution < 1.29 is 14.3 Å². The van der Waals surface area contributed by atoms with Crippen LogP contribution in [0.5, 0.6) is 0 Å². The lowest BCUT2D eigenvalue weighted by molar-refractivity contribution is 0.0520. The molecule has 140 valence electrons. The third-order valence-electron chi connectivity index (χ3n) is 3.65. The Hall–Kier alpha value is -2.41. The number of aromatic nitrogens is 1. The highest BCUT2D eigenvalue weighted by atomic mass is 32.1. The van der Waals surface area contributed by atoms with Crippen LogP contribution >= 0.6 is 11.3 Å². The maximum Gasteiger partial charge on any atom is 0.357 e. The third-order valence-corrected chi connectivity index (χ3v) is 4.48. The SMILES string of the molecule is CCOC(=O)c1csc(CN(CCC(C)C)C(=O)Nc2ccccc2)n1. The number of thiazole rings is 1. The van der Waals surface area contributed by atoms with Gasteiger partial charge >= 0.3 is 12.0 Å². The number of carbonyl (C=O) groups excluding carboxylic acids is 2. The van der Waals surface area contributed by atoms with Crippen molar-refractivity contribution in [3.63, 3.8) is 0 Å². The van der Waals surface area contributed by atoms with Gasteiger partial charge in [-0.25, -0.2) is 14.6 Å². The van der Waals surface area contributed by atoms with Gasteiger partial charge in [-0.1, -0.05) is 32.0 Å². The highest BCUT2D eigenvalue weighted by molar-refractivity contribution is 7.09. The van der Waals surface area contributed by atoms with Crippen LogP contribution in [0.3, 0.4) is 0 Å². The molecular weight excluding hydrogens is 350 g/mol. The van der Waals surface area contributed by atoms with E-state index in [1.165, 1.54) is 11.3 Å². The largest absolute Gasteiger partial charge is 0.461 e. The summed E-state index contributed by atoms with van der Waals surface area (Å²) in [5.74, 6) is 0.0471. The molecule has 1 aromatic carbocycles. The van der Waals surface area contributed by atoms with E-state index < -0.39 is 5.97 Å². The van der Waals surface area contributed by atoms with E-state index in [9.17, 15) is 9.59 Å². The van der Waals surface area contributed by atoms with Crippen LogP contribution in [0, 0.1) is 5.92 Å². The third kappa shape index (κ3) is 6.15. The Morgan fingerprint density at radius 1 is 1.27 bits per heavy atom. The zero-order chi connectivity index (χ0) is 18.9. The highest BCUT2D eigenvalue weighted by Gasteiger charge is 2.18. The zero-order valence-electron chi connectivity index (χ0n) is 15.4. The van der Waals surface area contributed by atoms with Crippen LogP contribution in [-0.4, -0.2) is 35.0 Å². The average molecular weight is 375 g/mol. The molecule has 2 aromatic rings. The van der Waals surface area contributed by atoms with Crippen molar-refractivity contribution in [2.75, 3.05) is 18.5 Å². The predicted molar refractivity (Wildman–Crippen MR) is 103 cm³/mol. The fourth-order valence-electron chi connectivity index (χ4n) is 2.24. The summed E-state index contributed by atoms with van der Waals surface area (Å²) in [6, 6.07) is 9.17. The maximum atomic E-state index is 12.7. The van der Waals surface area contributed by atoms with Crippen molar-refractivity contribution in [1.82, 2.24) is 9.88 Å². The summed E-state index contributed by atoms with van der Waals surface area (Å²) in [5.41, 5.74) is 1.04. The van der Waals surface area contributed by atoms with Gasteiger partial charge in [-0.3, -0.25) is 0 Å². The first-order valence-electron chi connectivity index (χ1n) is 8.72. The van der Waals surface area contributed by atoms with Gasteiger partial charge in [0.1, 0.15) is 5.01 Å². The summed E-state index contributed by atoms with van der Waals surface area (Å²) >= 11 is 1.36. The molecule has 2 amide bonds. The predicted octanol–water partition coefficient (Wildman–Crippen LogP) is 4.40. The Balaban J connectivity index is 2.06. The number of hydrogen-bond donors (Lipinski definition) is 1. The minimum absolute atomic E-state index is 0.176. The van der Waals surface area contributed by atoms with Gasteiger partial charge < -0.3 is 15.0 Å². The van der Waals surface area contributed by atoms with Gasteiger partial charge in [0.2, 0.25) is 0 Å². The minimum Gasteiger partial charge on any atom is -0.461 e. The molecule has 0 bridgehead atoms. The van der Waals surface area contributed by atoms with E-state index in [0.717, 1.165) is 12.1 Å². The number of benzene rings is 1. The van der Waals surface area contributed by atoms with Crippen LogP contribution in [0.15, 0.2) is 35.7 Å². The van der Waals surface area contributed by atoms with Crippen LogP contribution < -0.4 is 5.32 Å². The monoisotopic (exact) mass is 375 g/mol. The number of urea groups is 1. The second kappa shape index (κ2) is 9.91.